The molecule has 0 fully saturated rings. The van der Waals surface area contributed by atoms with E-state index in [0.29, 0.717) is 12.0 Å². The average Bonchev–Trinajstić information content (AvgIpc) is 2.62. The van der Waals surface area contributed by atoms with E-state index in [0.717, 1.165) is 22.8 Å². The van der Waals surface area contributed by atoms with Gasteiger partial charge in [0, 0.05) is 11.6 Å². The van der Waals surface area contributed by atoms with Crippen LogP contribution in [0.3, 0.4) is 0 Å². The molecule has 25 heavy (non-hydrogen) atoms. The number of aliphatic hydroxyl groups excluding tert-OH is 1. The van der Waals surface area contributed by atoms with Crippen LogP contribution in [0, 0.1) is 0 Å². The lowest BCUT2D eigenvalue weighted by Gasteiger charge is -2.07. The van der Waals surface area contributed by atoms with Crippen LogP contribution in [0.4, 0.5) is 0 Å². The number of carbonyl (C=O) groups is 2. The van der Waals surface area contributed by atoms with Crippen LogP contribution in [0.1, 0.15) is 29.8 Å². The van der Waals surface area contributed by atoms with Gasteiger partial charge in [0.25, 0.3) is 0 Å². The number of carbonyl (C=O) groups excluding carboxylic acids is 2. The fraction of sp³-hybridized carbons (Fsp3) is 0.200. The topological polar surface area (TPSA) is 83.8 Å². The first kappa shape index (κ1) is 18.3. The molecule has 0 radical (unpaired) electrons. The second-order valence-electron chi connectivity index (χ2n) is 5.39. The average molecular weight is 340 g/mol. The summed E-state index contributed by atoms with van der Waals surface area (Å²) in [5.74, 6) is -1.87. The van der Waals surface area contributed by atoms with Crippen molar-refractivity contribution in [3.05, 3.63) is 65.4 Å². The van der Waals surface area contributed by atoms with E-state index in [-0.39, 0.29) is 12.4 Å². The van der Waals surface area contributed by atoms with E-state index in [4.69, 9.17) is 0 Å². The molecule has 0 aromatic heterocycles. The van der Waals surface area contributed by atoms with Gasteiger partial charge in [0.2, 0.25) is 5.76 Å². The number of ketones is 1. The van der Waals surface area contributed by atoms with Crippen LogP contribution in [0.15, 0.2) is 54.3 Å². The molecule has 2 N–H and O–H groups in total. The highest BCUT2D eigenvalue weighted by atomic mass is 16.5. The molecule has 0 aliphatic carbocycles. The Kier molecular flexibility index (Phi) is 5.95. The van der Waals surface area contributed by atoms with Crippen LogP contribution in [0.25, 0.3) is 11.1 Å². The summed E-state index contributed by atoms with van der Waals surface area (Å²) in [5.41, 5.74) is 3.01. The highest BCUT2D eigenvalue weighted by Crippen LogP contribution is 2.26. The summed E-state index contributed by atoms with van der Waals surface area (Å²) in [5, 5.41) is 19.3. The van der Waals surface area contributed by atoms with Gasteiger partial charge in [0.05, 0.1) is 6.61 Å². The van der Waals surface area contributed by atoms with Crippen molar-refractivity contribution < 1.29 is 24.5 Å². The minimum Gasteiger partial charge on any atom is -0.508 e. The van der Waals surface area contributed by atoms with E-state index in [1.807, 2.05) is 13.0 Å². The Morgan fingerprint density at radius 2 is 1.68 bits per heavy atom. The molecule has 0 unspecified atom stereocenters. The Hall–Kier alpha value is -3.08. The van der Waals surface area contributed by atoms with Crippen molar-refractivity contribution >= 4 is 11.8 Å². The van der Waals surface area contributed by atoms with Gasteiger partial charge in [0.1, 0.15) is 5.75 Å². The number of esters is 1. The first-order valence-corrected chi connectivity index (χ1v) is 8.00. The van der Waals surface area contributed by atoms with Crippen LogP contribution in [0.5, 0.6) is 5.75 Å². The van der Waals surface area contributed by atoms with Crippen LogP contribution >= 0.6 is 0 Å². The van der Waals surface area contributed by atoms with Gasteiger partial charge in [-0.05, 0) is 42.2 Å². The number of aliphatic hydroxyl groups is 1. The summed E-state index contributed by atoms with van der Waals surface area (Å²) in [6.45, 7) is 3.69. The second-order valence-corrected chi connectivity index (χ2v) is 5.39. The number of phenolic OH excluding ortho intramolecular Hbond substituents is 1. The highest BCUT2D eigenvalue weighted by molar-refractivity contribution is 6.08. The largest absolute Gasteiger partial charge is 0.508 e. The lowest BCUT2D eigenvalue weighted by molar-refractivity contribution is -0.141. The number of hydrogen-bond donors (Lipinski definition) is 2. The van der Waals surface area contributed by atoms with Gasteiger partial charge in [-0.2, -0.15) is 0 Å². The molecule has 0 spiro atoms. The fourth-order valence-corrected chi connectivity index (χ4v) is 2.35. The Bertz CT molecular complexity index is 803. The van der Waals surface area contributed by atoms with Gasteiger partial charge in [-0.15, -0.1) is 0 Å². The van der Waals surface area contributed by atoms with Crippen molar-refractivity contribution in [2.24, 2.45) is 0 Å². The quantitative estimate of drug-likeness (QED) is 0.361. The van der Waals surface area contributed by atoms with E-state index >= 15 is 0 Å². The predicted molar refractivity (Wildman–Crippen MR) is 94.6 cm³/mol. The van der Waals surface area contributed by atoms with E-state index in [9.17, 15) is 19.8 Å². The number of rotatable bonds is 6. The Balaban J connectivity index is 2.21. The number of allylic oxidation sites excluding steroid dienone is 1. The first-order valence-electron chi connectivity index (χ1n) is 8.00. The molecular formula is C20H20O5. The molecule has 5 heteroatoms. The van der Waals surface area contributed by atoms with Crippen molar-refractivity contribution in [3.8, 4) is 16.9 Å². The minimum absolute atomic E-state index is 0.117. The Morgan fingerprint density at radius 3 is 2.28 bits per heavy atom. The van der Waals surface area contributed by atoms with E-state index in [2.05, 4.69) is 4.74 Å². The molecule has 0 heterocycles. The summed E-state index contributed by atoms with van der Waals surface area (Å²) in [7, 11) is 0. The molecule has 0 amide bonds. The molecule has 2 aromatic carbocycles. The Morgan fingerprint density at radius 1 is 1.04 bits per heavy atom. The summed E-state index contributed by atoms with van der Waals surface area (Å²) < 4.78 is 4.62. The van der Waals surface area contributed by atoms with Crippen LogP contribution in [-0.4, -0.2) is 28.6 Å². The van der Waals surface area contributed by atoms with Gasteiger partial charge in [-0.1, -0.05) is 37.3 Å². The number of benzene rings is 2. The predicted octanol–water partition coefficient (Wildman–Crippen LogP) is 3.81. The normalized spacial score (nSPS) is 11.2. The van der Waals surface area contributed by atoms with Gasteiger partial charge in [0.15, 0.2) is 5.78 Å². The maximum absolute atomic E-state index is 12.1. The lowest BCUT2D eigenvalue weighted by Crippen LogP contribution is -2.09. The minimum atomic E-state index is -0.927. The maximum Gasteiger partial charge on any atom is 0.373 e. The molecule has 0 atom stereocenters. The SMILES string of the molecule is CCOC(=O)C(O)=CC(=O)c1ccc(-c2ccc(O)c(CC)c2)cc1. The van der Waals surface area contributed by atoms with Gasteiger partial charge < -0.3 is 14.9 Å². The van der Waals surface area contributed by atoms with Crippen molar-refractivity contribution in [1.82, 2.24) is 0 Å². The number of ether oxygens (including phenoxy) is 1. The zero-order valence-electron chi connectivity index (χ0n) is 14.2. The van der Waals surface area contributed by atoms with Crippen LogP contribution < -0.4 is 0 Å². The second kappa shape index (κ2) is 8.15. The molecule has 5 nitrogen and oxygen atoms in total. The monoisotopic (exact) mass is 340 g/mol. The van der Waals surface area contributed by atoms with E-state index in [1.54, 1.807) is 43.3 Å². The number of hydrogen-bond acceptors (Lipinski definition) is 5. The smallest absolute Gasteiger partial charge is 0.373 e. The molecule has 0 saturated heterocycles. The van der Waals surface area contributed by atoms with Gasteiger partial charge in [-0.25, -0.2) is 4.79 Å². The maximum atomic E-state index is 12.1. The molecule has 2 rings (SSSR count). The molecule has 0 aliphatic heterocycles. The third-order valence-corrected chi connectivity index (χ3v) is 3.72. The summed E-state index contributed by atoms with van der Waals surface area (Å²) >= 11 is 0. The third kappa shape index (κ3) is 4.47. The molecule has 0 aliphatic rings. The number of phenols is 1. The first-order chi connectivity index (χ1) is 12.0. The zero-order valence-corrected chi connectivity index (χ0v) is 14.2. The number of aryl methyl sites for hydroxylation is 1. The Labute approximate surface area is 146 Å². The zero-order chi connectivity index (χ0) is 18.4. The van der Waals surface area contributed by atoms with Crippen molar-refractivity contribution in [2.75, 3.05) is 6.61 Å². The van der Waals surface area contributed by atoms with Crippen LogP contribution in [-0.2, 0) is 16.0 Å². The lowest BCUT2D eigenvalue weighted by atomic mass is 9.99. The van der Waals surface area contributed by atoms with Gasteiger partial charge in [-0.3, -0.25) is 4.79 Å². The van der Waals surface area contributed by atoms with Crippen LogP contribution in [0.2, 0.25) is 0 Å². The fourth-order valence-electron chi connectivity index (χ4n) is 2.35. The molecule has 2 aromatic rings. The van der Waals surface area contributed by atoms with E-state index < -0.39 is 17.5 Å². The van der Waals surface area contributed by atoms with E-state index in [1.165, 1.54) is 0 Å². The summed E-state index contributed by atoms with van der Waals surface area (Å²) in [6, 6.07) is 12.1. The van der Waals surface area contributed by atoms with Crippen molar-refractivity contribution in [1.29, 1.82) is 0 Å². The van der Waals surface area contributed by atoms with Crippen molar-refractivity contribution in [2.45, 2.75) is 20.3 Å². The summed E-state index contributed by atoms with van der Waals surface area (Å²) in [6.07, 6.45) is 1.57. The van der Waals surface area contributed by atoms with Crippen molar-refractivity contribution in [3.63, 3.8) is 0 Å². The standard InChI is InChI=1S/C20H20O5/c1-3-13-11-16(9-10-17(13)21)14-5-7-15(8-6-14)18(22)12-19(23)20(24)25-4-2/h5-12,21,23H,3-4H2,1-2H3. The molecule has 0 saturated carbocycles. The third-order valence-electron chi connectivity index (χ3n) is 3.72. The highest BCUT2D eigenvalue weighted by Gasteiger charge is 2.12. The molecule has 130 valence electrons. The summed E-state index contributed by atoms with van der Waals surface area (Å²) in [4.78, 5) is 23.4. The van der Waals surface area contributed by atoms with Gasteiger partial charge >= 0.3 is 5.97 Å². The molecular weight excluding hydrogens is 320 g/mol. The number of aromatic hydroxyl groups is 1. The molecule has 0 bridgehead atoms.